The standard InChI is InChI=1S/C11H22IN/c1-10-5-3-6-11(2)13(9-10)8-4-7-12/h10-11H,3-9H2,1-2H3. The molecule has 1 rings (SSSR count). The monoisotopic (exact) mass is 295 g/mol. The van der Waals surface area contributed by atoms with E-state index < -0.39 is 0 Å². The Balaban J connectivity index is 2.37. The first kappa shape index (κ1) is 11.8. The van der Waals surface area contributed by atoms with Crippen molar-refractivity contribution in [3.63, 3.8) is 0 Å². The van der Waals surface area contributed by atoms with Crippen LogP contribution in [0.2, 0.25) is 0 Å². The number of nitrogens with zero attached hydrogens (tertiary/aromatic N) is 1. The number of hydrogen-bond donors (Lipinski definition) is 0. The Kier molecular flexibility index (Phi) is 5.63. The Hall–Kier alpha value is 0.690. The normalized spacial score (nSPS) is 31.6. The van der Waals surface area contributed by atoms with Crippen LogP contribution in [0.15, 0.2) is 0 Å². The van der Waals surface area contributed by atoms with E-state index in [1.54, 1.807) is 0 Å². The van der Waals surface area contributed by atoms with Crippen molar-refractivity contribution in [3.8, 4) is 0 Å². The molecule has 0 N–H and O–H groups in total. The van der Waals surface area contributed by atoms with E-state index in [4.69, 9.17) is 0 Å². The smallest absolute Gasteiger partial charge is 0.00670 e. The van der Waals surface area contributed by atoms with E-state index in [1.807, 2.05) is 0 Å². The zero-order valence-corrected chi connectivity index (χ0v) is 11.1. The van der Waals surface area contributed by atoms with Crippen LogP contribution in [0, 0.1) is 5.92 Å². The molecule has 78 valence electrons. The highest BCUT2D eigenvalue weighted by molar-refractivity contribution is 14.1. The summed E-state index contributed by atoms with van der Waals surface area (Å²) in [5.41, 5.74) is 0. The van der Waals surface area contributed by atoms with Gasteiger partial charge in [0.2, 0.25) is 0 Å². The second kappa shape index (κ2) is 6.23. The number of hydrogen-bond acceptors (Lipinski definition) is 1. The van der Waals surface area contributed by atoms with Gasteiger partial charge in [0, 0.05) is 17.0 Å². The lowest BCUT2D eigenvalue weighted by Crippen LogP contribution is -2.35. The minimum atomic E-state index is 0.827. The summed E-state index contributed by atoms with van der Waals surface area (Å²) >= 11 is 2.48. The van der Waals surface area contributed by atoms with Crippen LogP contribution in [0.25, 0.3) is 0 Å². The molecule has 0 aromatic heterocycles. The molecule has 0 bridgehead atoms. The molecule has 2 unspecified atom stereocenters. The maximum atomic E-state index is 2.69. The second-order valence-corrected chi connectivity index (χ2v) is 5.50. The summed E-state index contributed by atoms with van der Waals surface area (Å²) in [7, 11) is 0. The van der Waals surface area contributed by atoms with Crippen LogP contribution < -0.4 is 0 Å². The Labute approximate surface area is 96.4 Å². The highest BCUT2D eigenvalue weighted by Gasteiger charge is 2.19. The molecule has 0 aliphatic carbocycles. The van der Waals surface area contributed by atoms with Gasteiger partial charge < -0.3 is 4.90 Å². The van der Waals surface area contributed by atoms with Crippen LogP contribution in [-0.4, -0.2) is 28.5 Å². The van der Waals surface area contributed by atoms with E-state index in [9.17, 15) is 0 Å². The summed E-state index contributed by atoms with van der Waals surface area (Å²) in [6.07, 6.45) is 5.64. The molecule has 1 heterocycles. The highest BCUT2D eigenvalue weighted by Crippen LogP contribution is 2.20. The van der Waals surface area contributed by atoms with Crippen molar-refractivity contribution in [3.05, 3.63) is 0 Å². The third-order valence-corrected chi connectivity index (χ3v) is 3.83. The van der Waals surface area contributed by atoms with E-state index in [0.717, 1.165) is 12.0 Å². The van der Waals surface area contributed by atoms with Gasteiger partial charge in [-0.25, -0.2) is 0 Å². The van der Waals surface area contributed by atoms with Gasteiger partial charge in [-0.1, -0.05) is 35.9 Å². The fourth-order valence-electron chi connectivity index (χ4n) is 2.19. The molecule has 1 saturated heterocycles. The topological polar surface area (TPSA) is 3.24 Å². The van der Waals surface area contributed by atoms with Gasteiger partial charge in [0.05, 0.1) is 0 Å². The maximum absolute atomic E-state index is 2.69. The maximum Gasteiger partial charge on any atom is 0.00670 e. The van der Waals surface area contributed by atoms with Gasteiger partial charge in [-0.2, -0.15) is 0 Å². The minimum absolute atomic E-state index is 0.827. The Morgan fingerprint density at radius 1 is 1.31 bits per heavy atom. The number of rotatable bonds is 3. The van der Waals surface area contributed by atoms with Gasteiger partial charge in [0.1, 0.15) is 0 Å². The second-order valence-electron chi connectivity index (χ2n) is 4.42. The van der Waals surface area contributed by atoms with Crippen molar-refractivity contribution in [2.75, 3.05) is 17.5 Å². The lowest BCUT2D eigenvalue weighted by molar-refractivity contribution is 0.196. The highest BCUT2D eigenvalue weighted by atomic mass is 127. The third-order valence-electron chi connectivity index (χ3n) is 3.07. The van der Waals surface area contributed by atoms with Crippen LogP contribution in [0.5, 0.6) is 0 Å². The fourth-order valence-corrected chi connectivity index (χ4v) is 2.53. The van der Waals surface area contributed by atoms with Gasteiger partial charge in [-0.15, -0.1) is 0 Å². The van der Waals surface area contributed by atoms with E-state index in [0.29, 0.717) is 0 Å². The minimum Gasteiger partial charge on any atom is -0.300 e. The summed E-state index contributed by atoms with van der Waals surface area (Å²) in [5, 5.41) is 0. The van der Waals surface area contributed by atoms with Crippen molar-refractivity contribution in [1.82, 2.24) is 4.90 Å². The Morgan fingerprint density at radius 3 is 2.77 bits per heavy atom. The van der Waals surface area contributed by atoms with Gasteiger partial charge in [-0.3, -0.25) is 0 Å². The van der Waals surface area contributed by atoms with E-state index >= 15 is 0 Å². The molecule has 0 aromatic carbocycles. The van der Waals surface area contributed by atoms with Crippen LogP contribution >= 0.6 is 22.6 Å². The molecule has 0 amide bonds. The van der Waals surface area contributed by atoms with Crippen LogP contribution in [-0.2, 0) is 0 Å². The molecular weight excluding hydrogens is 273 g/mol. The van der Waals surface area contributed by atoms with Crippen molar-refractivity contribution >= 4 is 22.6 Å². The van der Waals surface area contributed by atoms with Crippen LogP contribution in [0.3, 0.4) is 0 Å². The Morgan fingerprint density at radius 2 is 2.08 bits per heavy atom. The molecule has 0 spiro atoms. The van der Waals surface area contributed by atoms with Crippen LogP contribution in [0.1, 0.15) is 39.5 Å². The first-order chi connectivity index (χ1) is 6.24. The SMILES string of the molecule is CC1CCCC(C)N(CCCI)C1. The number of halogens is 1. The molecule has 0 radical (unpaired) electrons. The molecule has 1 fully saturated rings. The zero-order valence-electron chi connectivity index (χ0n) is 8.93. The largest absolute Gasteiger partial charge is 0.300 e. The lowest BCUT2D eigenvalue weighted by Gasteiger charge is -2.28. The van der Waals surface area contributed by atoms with Gasteiger partial charge >= 0.3 is 0 Å². The van der Waals surface area contributed by atoms with Gasteiger partial charge in [0.25, 0.3) is 0 Å². The summed E-state index contributed by atoms with van der Waals surface area (Å²) in [5.74, 6) is 0.916. The predicted molar refractivity (Wildman–Crippen MR) is 67.6 cm³/mol. The molecule has 1 aliphatic heterocycles. The molecule has 2 atom stereocenters. The average molecular weight is 295 g/mol. The fraction of sp³-hybridized carbons (Fsp3) is 1.00. The quantitative estimate of drug-likeness (QED) is 0.570. The molecule has 2 heteroatoms. The summed E-state index contributed by atoms with van der Waals surface area (Å²) < 4.78 is 1.30. The van der Waals surface area contributed by atoms with Crippen LogP contribution in [0.4, 0.5) is 0 Å². The third kappa shape index (κ3) is 4.15. The average Bonchev–Trinajstić information content (AvgIpc) is 2.25. The number of likely N-dealkylation sites (tertiary alicyclic amines) is 1. The number of alkyl halides is 1. The Bertz CT molecular complexity index is 138. The molecule has 13 heavy (non-hydrogen) atoms. The molecule has 0 saturated carbocycles. The predicted octanol–water partition coefficient (Wildman–Crippen LogP) is 3.32. The first-order valence-corrected chi connectivity index (χ1v) is 7.06. The molecular formula is C11H22IN. The van der Waals surface area contributed by atoms with Crippen molar-refractivity contribution < 1.29 is 0 Å². The zero-order chi connectivity index (χ0) is 9.68. The summed E-state index contributed by atoms with van der Waals surface area (Å²) in [6.45, 7) is 7.44. The first-order valence-electron chi connectivity index (χ1n) is 5.54. The van der Waals surface area contributed by atoms with E-state index in [1.165, 1.54) is 43.2 Å². The van der Waals surface area contributed by atoms with Crippen molar-refractivity contribution in [2.45, 2.75) is 45.6 Å². The summed E-state index contributed by atoms with van der Waals surface area (Å²) in [6, 6.07) is 0.827. The molecule has 1 aliphatic rings. The molecule has 1 nitrogen and oxygen atoms in total. The van der Waals surface area contributed by atoms with E-state index in [-0.39, 0.29) is 0 Å². The van der Waals surface area contributed by atoms with Gasteiger partial charge in [-0.05, 0) is 38.6 Å². The van der Waals surface area contributed by atoms with Gasteiger partial charge in [0.15, 0.2) is 0 Å². The summed E-state index contributed by atoms with van der Waals surface area (Å²) in [4.78, 5) is 2.69. The van der Waals surface area contributed by atoms with Crippen molar-refractivity contribution in [1.29, 1.82) is 0 Å². The lowest BCUT2D eigenvalue weighted by atomic mass is 10.1. The van der Waals surface area contributed by atoms with E-state index in [2.05, 4.69) is 41.3 Å². The van der Waals surface area contributed by atoms with Crippen molar-refractivity contribution in [2.24, 2.45) is 5.92 Å². The molecule has 0 aromatic rings.